The average molecular weight is 277 g/mol. The van der Waals surface area contributed by atoms with Crippen LogP contribution in [0.2, 0.25) is 0 Å². The Hall–Kier alpha value is -0.680. The Labute approximate surface area is 93.9 Å². The minimum atomic E-state index is -0.856. The maximum atomic E-state index is 11.4. The Balaban J connectivity index is 2.39. The van der Waals surface area contributed by atoms with Gasteiger partial charge in [0, 0.05) is 22.7 Å². The van der Waals surface area contributed by atoms with E-state index in [4.69, 9.17) is 5.11 Å². The van der Waals surface area contributed by atoms with Crippen molar-refractivity contribution in [1.82, 2.24) is 0 Å². The zero-order chi connectivity index (χ0) is 10.6. The highest BCUT2D eigenvalue weighted by atomic mass is 79.9. The largest absolute Gasteiger partial charge is 0.481 e. The zero-order valence-electron chi connectivity index (χ0n) is 7.33. The number of halogens is 1. The second-order valence-electron chi connectivity index (χ2n) is 2.80. The molecule has 1 aromatic rings. The van der Waals surface area contributed by atoms with Gasteiger partial charge in [0.25, 0.3) is 0 Å². The zero-order valence-corrected chi connectivity index (χ0v) is 9.73. The van der Waals surface area contributed by atoms with E-state index in [0.717, 1.165) is 4.47 Å². The van der Waals surface area contributed by atoms with E-state index in [9.17, 15) is 9.59 Å². The summed E-state index contributed by atoms with van der Waals surface area (Å²) < 4.78 is 0.893. The van der Waals surface area contributed by atoms with E-state index in [1.54, 1.807) is 6.07 Å². The molecule has 0 aliphatic rings. The fourth-order valence-corrected chi connectivity index (χ4v) is 2.38. The second-order valence-corrected chi connectivity index (χ2v) is 4.63. The molecule has 0 aliphatic heterocycles. The minimum absolute atomic E-state index is 0.0157. The Morgan fingerprint density at radius 1 is 1.43 bits per heavy atom. The third-order valence-electron chi connectivity index (χ3n) is 1.64. The predicted octanol–water partition coefficient (Wildman–Crippen LogP) is 2.95. The standard InChI is InChI=1S/C9H9BrO3S/c10-6-4-8(14-5-6)7(11)2-1-3-9(12)13/h4-5H,1-3H2,(H,12,13). The number of Topliss-reactive ketones (excluding diaryl/α,β-unsaturated/α-hetero) is 1. The summed E-state index contributed by atoms with van der Waals surface area (Å²) in [6.45, 7) is 0. The van der Waals surface area contributed by atoms with Crippen LogP contribution in [-0.4, -0.2) is 16.9 Å². The van der Waals surface area contributed by atoms with Crippen molar-refractivity contribution in [2.75, 3.05) is 0 Å². The molecule has 0 aromatic carbocycles. The highest BCUT2D eigenvalue weighted by Crippen LogP contribution is 2.21. The maximum Gasteiger partial charge on any atom is 0.303 e. The van der Waals surface area contributed by atoms with E-state index in [1.807, 2.05) is 5.38 Å². The van der Waals surface area contributed by atoms with Crippen molar-refractivity contribution in [3.63, 3.8) is 0 Å². The number of carboxylic acids is 1. The fraction of sp³-hybridized carbons (Fsp3) is 0.333. The third kappa shape index (κ3) is 3.59. The van der Waals surface area contributed by atoms with Gasteiger partial charge in [0.1, 0.15) is 0 Å². The van der Waals surface area contributed by atoms with E-state index in [-0.39, 0.29) is 12.2 Å². The number of carbonyl (C=O) groups excluding carboxylic acids is 1. The van der Waals surface area contributed by atoms with Crippen LogP contribution in [-0.2, 0) is 4.79 Å². The van der Waals surface area contributed by atoms with Crippen LogP contribution < -0.4 is 0 Å². The molecule has 1 N–H and O–H groups in total. The number of ketones is 1. The van der Waals surface area contributed by atoms with Crippen molar-refractivity contribution in [2.24, 2.45) is 0 Å². The van der Waals surface area contributed by atoms with Gasteiger partial charge in [-0.05, 0) is 28.4 Å². The summed E-state index contributed by atoms with van der Waals surface area (Å²) >= 11 is 4.63. The Bertz CT molecular complexity index is 346. The van der Waals surface area contributed by atoms with E-state index >= 15 is 0 Å². The number of aliphatic carboxylic acids is 1. The molecule has 1 heterocycles. The molecule has 0 amide bonds. The lowest BCUT2D eigenvalue weighted by Crippen LogP contribution is -1.99. The summed E-state index contributed by atoms with van der Waals surface area (Å²) in [5, 5.41) is 10.2. The number of carboxylic acid groups (broad SMARTS) is 1. The highest BCUT2D eigenvalue weighted by Gasteiger charge is 2.08. The molecule has 76 valence electrons. The summed E-state index contributed by atoms with van der Waals surface area (Å²) in [7, 11) is 0. The third-order valence-corrected chi connectivity index (χ3v) is 3.37. The molecule has 0 atom stereocenters. The highest BCUT2D eigenvalue weighted by molar-refractivity contribution is 9.10. The van der Waals surface area contributed by atoms with Crippen molar-refractivity contribution in [3.05, 3.63) is 20.8 Å². The Morgan fingerprint density at radius 3 is 2.64 bits per heavy atom. The summed E-state index contributed by atoms with van der Waals surface area (Å²) in [5.41, 5.74) is 0. The monoisotopic (exact) mass is 276 g/mol. The van der Waals surface area contributed by atoms with Crippen LogP contribution in [0.4, 0.5) is 0 Å². The van der Waals surface area contributed by atoms with Crippen LogP contribution >= 0.6 is 27.3 Å². The van der Waals surface area contributed by atoms with E-state index < -0.39 is 5.97 Å². The number of hydrogen-bond donors (Lipinski definition) is 1. The lowest BCUT2D eigenvalue weighted by atomic mass is 10.1. The van der Waals surface area contributed by atoms with Gasteiger partial charge in [0.2, 0.25) is 0 Å². The summed E-state index contributed by atoms with van der Waals surface area (Å²) in [6.07, 6.45) is 0.765. The molecule has 0 saturated carbocycles. The van der Waals surface area contributed by atoms with Gasteiger partial charge >= 0.3 is 5.97 Å². The van der Waals surface area contributed by atoms with Gasteiger partial charge in [-0.3, -0.25) is 9.59 Å². The van der Waals surface area contributed by atoms with Crippen LogP contribution in [0.15, 0.2) is 15.9 Å². The number of thiophene rings is 1. The van der Waals surface area contributed by atoms with Crippen molar-refractivity contribution in [3.8, 4) is 0 Å². The van der Waals surface area contributed by atoms with Crippen LogP contribution in [0.25, 0.3) is 0 Å². The van der Waals surface area contributed by atoms with E-state index in [2.05, 4.69) is 15.9 Å². The molecular formula is C9H9BrO3S. The molecule has 0 spiro atoms. The first-order chi connectivity index (χ1) is 6.59. The number of hydrogen-bond acceptors (Lipinski definition) is 3. The van der Waals surface area contributed by atoms with Crippen LogP contribution in [0.3, 0.4) is 0 Å². The van der Waals surface area contributed by atoms with Crippen molar-refractivity contribution in [2.45, 2.75) is 19.3 Å². The van der Waals surface area contributed by atoms with Gasteiger partial charge < -0.3 is 5.11 Å². The first kappa shape index (κ1) is 11.4. The normalized spacial score (nSPS) is 10.1. The molecular weight excluding hydrogens is 268 g/mol. The molecule has 0 unspecified atom stereocenters. The maximum absolute atomic E-state index is 11.4. The smallest absolute Gasteiger partial charge is 0.303 e. The van der Waals surface area contributed by atoms with E-state index in [0.29, 0.717) is 17.7 Å². The Kier molecular flexibility index (Phi) is 4.28. The van der Waals surface area contributed by atoms with Crippen LogP contribution in [0, 0.1) is 0 Å². The summed E-state index contributed by atoms with van der Waals surface area (Å²) in [5.74, 6) is -0.841. The molecule has 0 saturated heterocycles. The van der Waals surface area contributed by atoms with Crippen LogP contribution in [0.1, 0.15) is 28.9 Å². The van der Waals surface area contributed by atoms with E-state index in [1.165, 1.54) is 11.3 Å². The number of rotatable bonds is 5. The topological polar surface area (TPSA) is 54.4 Å². The van der Waals surface area contributed by atoms with Crippen LogP contribution in [0.5, 0.6) is 0 Å². The molecule has 14 heavy (non-hydrogen) atoms. The predicted molar refractivity (Wildman–Crippen MR) is 57.8 cm³/mol. The lowest BCUT2D eigenvalue weighted by molar-refractivity contribution is -0.137. The van der Waals surface area contributed by atoms with Gasteiger partial charge in [0.05, 0.1) is 4.88 Å². The molecule has 1 rings (SSSR count). The average Bonchev–Trinajstić information content (AvgIpc) is 2.51. The Morgan fingerprint density at radius 2 is 2.14 bits per heavy atom. The first-order valence-corrected chi connectivity index (χ1v) is 5.76. The van der Waals surface area contributed by atoms with Gasteiger partial charge in [-0.25, -0.2) is 0 Å². The molecule has 1 aromatic heterocycles. The van der Waals surface area contributed by atoms with Gasteiger partial charge in [-0.1, -0.05) is 0 Å². The SMILES string of the molecule is O=C(O)CCCC(=O)c1cc(Br)cs1. The quantitative estimate of drug-likeness (QED) is 0.842. The number of carbonyl (C=O) groups is 2. The molecule has 5 heteroatoms. The molecule has 0 aliphatic carbocycles. The second kappa shape index (κ2) is 5.26. The van der Waals surface area contributed by atoms with Crippen molar-refractivity contribution < 1.29 is 14.7 Å². The molecule has 0 bridgehead atoms. The molecule has 3 nitrogen and oxygen atoms in total. The van der Waals surface area contributed by atoms with Crippen molar-refractivity contribution >= 4 is 39.0 Å². The lowest BCUT2D eigenvalue weighted by Gasteiger charge is -1.95. The first-order valence-electron chi connectivity index (χ1n) is 4.08. The molecule has 0 radical (unpaired) electrons. The van der Waals surface area contributed by atoms with Gasteiger partial charge in [-0.2, -0.15) is 0 Å². The minimum Gasteiger partial charge on any atom is -0.481 e. The summed E-state index contributed by atoms with van der Waals surface area (Å²) in [6, 6.07) is 1.76. The molecule has 0 fully saturated rings. The van der Waals surface area contributed by atoms with Crippen molar-refractivity contribution in [1.29, 1.82) is 0 Å². The summed E-state index contributed by atoms with van der Waals surface area (Å²) in [4.78, 5) is 22.3. The van der Waals surface area contributed by atoms with Gasteiger partial charge in [-0.15, -0.1) is 11.3 Å². The fourth-order valence-electron chi connectivity index (χ4n) is 0.983. The van der Waals surface area contributed by atoms with Gasteiger partial charge in [0.15, 0.2) is 5.78 Å².